The summed E-state index contributed by atoms with van der Waals surface area (Å²) in [7, 11) is 0. The highest BCUT2D eigenvalue weighted by Gasteiger charge is 2.56. The molecule has 45 heavy (non-hydrogen) atoms. The second-order valence-corrected chi connectivity index (χ2v) is 14.1. The van der Waals surface area contributed by atoms with Gasteiger partial charge >= 0.3 is 5.97 Å². The van der Waals surface area contributed by atoms with E-state index < -0.39 is 23.6 Å². The van der Waals surface area contributed by atoms with E-state index in [1.54, 1.807) is 19.9 Å². The highest BCUT2D eigenvalue weighted by atomic mass is 16.7. The third-order valence-electron chi connectivity index (χ3n) is 10.0. The number of ether oxygens (including phenoxy) is 5. The molecule has 1 spiro atoms. The lowest BCUT2D eigenvalue weighted by atomic mass is 9.71. The van der Waals surface area contributed by atoms with Gasteiger partial charge in [-0.05, 0) is 56.1 Å². The number of carbonyl (C=O) groups is 2. The molecule has 4 rings (SSSR count). The highest BCUT2D eigenvalue weighted by Crippen LogP contribution is 2.45. The molecular formula is C36H54O9. The maximum atomic E-state index is 11.9. The van der Waals surface area contributed by atoms with Crippen molar-refractivity contribution in [3.63, 3.8) is 0 Å². The van der Waals surface area contributed by atoms with Crippen molar-refractivity contribution < 1.29 is 43.5 Å². The molecule has 3 heterocycles. The molecule has 0 aromatic rings. The van der Waals surface area contributed by atoms with Gasteiger partial charge in [0.05, 0.1) is 24.7 Å². The Hall–Kier alpha value is -2.30. The summed E-state index contributed by atoms with van der Waals surface area (Å²) in [5.41, 5.74) is 1.17. The van der Waals surface area contributed by atoms with Crippen LogP contribution in [-0.4, -0.2) is 77.8 Å². The van der Waals surface area contributed by atoms with Gasteiger partial charge in [-0.3, -0.25) is 9.59 Å². The fourth-order valence-corrected chi connectivity index (χ4v) is 7.10. The minimum atomic E-state index is -1.34. The molecule has 2 N–H and O–H groups in total. The summed E-state index contributed by atoms with van der Waals surface area (Å²) in [6.45, 7) is 14.7. The summed E-state index contributed by atoms with van der Waals surface area (Å²) in [5.74, 6) is -0.891. The summed E-state index contributed by atoms with van der Waals surface area (Å²) < 4.78 is 29.5. The normalized spacial score (nSPS) is 38.8. The third kappa shape index (κ3) is 8.35. The van der Waals surface area contributed by atoms with E-state index in [4.69, 9.17) is 23.7 Å². The highest BCUT2D eigenvalue weighted by molar-refractivity contribution is 5.71. The molecule has 0 amide bonds. The van der Waals surface area contributed by atoms with Crippen molar-refractivity contribution >= 4 is 12.4 Å². The van der Waals surface area contributed by atoms with Crippen LogP contribution < -0.4 is 0 Å². The Morgan fingerprint density at radius 1 is 1.20 bits per heavy atom. The van der Waals surface area contributed by atoms with Crippen molar-refractivity contribution in [1.29, 1.82) is 0 Å². The van der Waals surface area contributed by atoms with Crippen molar-refractivity contribution in [2.75, 3.05) is 13.2 Å². The molecule has 4 aliphatic rings. The van der Waals surface area contributed by atoms with Crippen molar-refractivity contribution in [2.24, 2.45) is 23.7 Å². The molecule has 0 saturated carbocycles. The summed E-state index contributed by atoms with van der Waals surface area (Å²) in [6.07, 6.45) is 12.5. The van der Waals surface area contributed by atoms with Crippen LogP contribution in [0.1, 0.15) is 87.0 Å². The van der Waals surface area contributed by atoms with E-state index >= 15 is 0 Å². The van der Waals surface area contributed by atoms with Gasteiger partial charge in [0.1, 0.15) is 30.5 Å². The fourth-order valence-electron chi connectivity index (χ4n) is 7.10. The van der Waals surface area contributed by atoms with Gasteiger partial charge < -0.3 is 33.9 Å². The smallest absolute Gasteiger partial charge is 0.308 e. The van der Waals surface area contributed by atoms with Crippen molar-refractivity contribution in [3.8, 4) is 0 Å². The first-order chi connectivity index (χ1) is 21.3. The van der Waals surface area contributed by atoms with Crippen molar-refractivity contribution in [2.45, 2.75) is 129 Å². The predicted molar refractivity (Wildman–Crippen MR) is 170 cm³/mol. The average Bonchev–Trinajstić information content (AvgIpc) is 3.32. The number of fused-ring (bicyclic) bond motifs is 1. The Bertz CT molecular complexity index is 1170. The van der Waals surface area contributed by atoms with Crippen LogP contribution in [0.25, 0.3) is 0 Å². The Labute approximate surface area is 268 Å². The maximum absolute atomic E-state index is 11.9. The maximum Gasteiger partial charge on any atom is 0.308 e. The van der Waals surface area contributed by atoms with Crippen LogP contribution in [0.5, 0.6) is 0 Å². The number of allylic oxidation sites excluding steroid dienone is 4. The SMILES string of the molecule is CC(=CCC1CC(OC=O)CC2(CCC(C)C(C)O2)O1)CC(C)C=CC=C1COC2C(O)C(COC(=O)C(C)C)=CC(C)C12O. The van der Waals surface area contributed by atoms with Crippen LogP contribution in [0.2, 0.25) is 0 Å². The third-order valence-corrected chi connectivity index (χ3v) is 10.0. The van der Waals surface area contributed by atoms with Gasteiger partial charge in [0.25, 0.3) is 6.47 Å². The second-order valence-electron chi connectivity index (χ2n) is 14.1. The van der Waals surface area contributed by atoms with E-state index in [-0.39, 0.29) is 55.2 Å². The van der Waals surface area contributed by atoms with Gasteiger partial charge in [-0.25, -0.2) is 0 Å². The molecule has 3 aliphatic heterocycles. The molecule has 3 saturated heterocycles. The van der Waals surface area contributed by atoms with E-state index in [1.165, 1.54) is 5.57 Å². The summed E-state index contributed by atoms with van der Waals surface area (Å²) >= 11 is 0. The minimum absolute atomic E-state index is 0.0189. The number of hydrogen-bond donors (Lipinski definition) is 2. The molecule has 9 nitrogen and oxygen atoms in total. The quantitative estimate of drug-likeness (QED) is 0.177. The van der Waals surface area contributed by atoms with E-state index in [9.17, 15) is 19.8 Å². The lowest BCUT2D eigenvalue weighted by Gasteiger charge is -2.48. The zero-order valence-electron chi connectivity index (χ0n) is 28.1. The van der Waals surface area contributed by atoms with E-state index in [2.05, 4.69) is 39.8 Å². The van der Waals surface area contributed by atoms with Crippen LogP contribution in [0, 0.1) is 23.7 Å². The van der Waals surface area contributed by atoms with Crippen LogP contribution in [-0.2, 0) is 33.3 Å². The Morgan fingerprint density at radius 3 is 2.64 bits per heavy atom. The number of carbonyl (C=O) groups excluding carboxylic acids is 2. The monoisotopic (exact) mass is 630 g/mol. The number of rotatable bonds is 11. The van der Waals surface area contributed by atoms with Gasteiger partial charge in [-0.1, -0.05) is 70.6 Å². The molecule has 9 heteroatoms. The van der Waals surface area contributed by atoms with Crippen LogP contribution >= 0.6 is 0 Å². The Kier molecular flexibility index (Phi) is 11.9. The summed E-state index contributed by atoms with van der Waals surface area (Å²) in [5, 5.41) is 22.6. The fraction of sp³-hybridized carbons (Fsp3) is 0.722. The number of hydrogen-bond acceptors (Lipinski definition) is 9. The molecule has 0 aromatic heterocycles. The van der Waals surface area contributed by atoms with Gasteiger partial charge in [0.15, 0.2) is 5.79 Å². The molecule has 0 radical (unpaired) electrons. The largest absolute Gasteiger partial charge is 0.464 e. The molecule has 10 atom stereocenters. The first-order valence-electron chi connectivity index (χ1n) is 16.7. The molecule has 0 bridgehead atoms. The molecular weight excluding hydrogens is 576 g/mol. The van der Waals surface area contributed by atoms with Crippen LogP contribution in [0.4, 0.5) is 0 Å². The number of aliphatic hydroxyl groups excluding tert-OH is 1. The van der Waals surface area contributed by atoms with E-state index in [1.807, 2.05) is 19.1 Å². The van der Waals surface area contributed by atoms with E-state index in [0.29, 0.717) is 36.4 Å². The average molecular weight is 631 g/mol. The summed E-state index contributed by atoms with van der Waals surface area (Å²) in [4.78, 5) is 23.1. The van der Waals surface area contributed by atoms with Gasteiger partial charge in [-0.15, -0.1) is 0 Å². The Morgan fingerprint density at radius 2 is 1.96 bits per heavy atom. The van der Waals surface area contributed by atoms with E-state index in [0.717, 1.165) is 25.7 Å². The molecule has 3 fully saturated rings. The number of esters is 1. The second kappa shape index (κ2) is 15.1. The van der Waals surface area contributed by atoms with Crippen molar-refractivity contribution in [3.05, 3.63) is 47.1 Å². The molecule has 252 valence electrons. The lowest BCUT2D eigenvalue weighted by molar-refractivity contribution is -0.331. The van der Waals surface area contributed by atoms with Gasteiger partial charge in [0.2, 0.25) is 0 Å². The predicted octanol–water partition coefficient (Wildman–Crippen LogP) is 5.35. The standard InChI is InChI=1S/C36H54O9/c1-22(2)34(39)42-19-28-16-26(6)36(40)29(20-41-33(36)32(28)38)10-8-9-23(3)15-24(4)11-12-30-17-31(43-21-37)18-35(45-30)14-13-25(5)27(7)44-35/h8-11,16,21-23,25-27,30-33,38,40H,12-15,17-20H2,1-7H3. The van der Waals surface area contributed by atoms with Gasteiger partial charge in [0, 0.05) is 25.2 Å². The first-order valence-corrected chi connectivity index (χ1v) is 16.7. The summed E-state index contributed by atoms with van der Waals surface area (Å²) in [6, 6.07) is 0. The zero-order valence-corrected chi connectivity index (χ0v) is 28.1. The zero-order chi connectivity index (χ0) is 32.9. The van der Waals surface area contributed by atoms with Crippen LogP contribution in [0.15, 0.2) is 47.1 Å². The van der Waals surface area contributed by atoms with Crippen molar-refractivity contribution in [1.82, 2.24) is 0 Å². The topological polar surface area (TPSA) is 121 Å². The Balaban J connectivity index is 1.33. The number of aliphatic hydroxyl groups is 2. The minimum Gasteiger partial charge on any atom is -0.464 e. The molecule has 1 aliphatic carbocycles. The molecule has 0 aromatic carbocycles. The van der Waals surface area contributed by atoms with Gasteiger partial charge in [-0.2, -0.15) is 0 Å². The van der Waals surface area contributed by atoms with Crippen LogP contribution in [0.3, 0.4) is 0 Å². The lowest BCUT2D eigenvalue weighted by Crippen LogP contribution is -2.54. The molecule has 10 unspecified atom stereocenters. The first kappa shape index (κ1) is 35.6.